The van der Waals surface area contributed by atoms with Gasteiger partial charge in [-0.25, -0.2) is 0 Å². The monoisotopic (exact) mass is 258 g/mol. The molecule has 0 saturated heterocycles. The highest BCUT2D eigenvalue weighted by molar-refractivity contribution is 5.82. The van der Waals surface area contributed by atoms with Crippen molar-refractivity contribution in [1.29, 1.82) is 0 Å². The van der Waals surface area contributed by atoms with E-state index in [9.17, 15) is 10.2 Å². The lowest BCUT2D eigenvalue weighted by Gasteiger charge is -2.14. The van der Waals surface area contributed by atoms with Gasteiger partial charge in [0.15, 0.2) is 0 Å². The first-order chi connectivity index (χ1) is 8.92. The third kappa shape index (κ3) is 3.28. The Morgan fingerprint density at radius 2 is 1.95 bits per heavy atom. The van der Waals surface area contributed by atoms with E-state index in [0.29, 0.717) is 16.7 Å². The van der Waals surface area contributed by atoms with Crippen LogP contribution in [0.2, 0.25) is 0 Å². The van der Waals surface area contributed by atoms with Gasteiger partial charge < -0.3 is 10.2 Å². The number of hydrogen-bond acceptors (Lipinski definition) is 2. The van der Waals surface area contributed by atoms with Crippen LogP contribution < -0.4 is 0 Å². The Morgan fingerprint density at radius 3 is 2.47 bits per heavy atom. The summed E-state index contributed by atoms with van der Waals surface area (Å²) in [7, 11) is 0. The van der Waals surface area contributed by atoms with Gasteiger partial charge >= 0.3 is 0 Å². The summed E-state index contributed by atoms with van der Waals surface area (Å²) in [6.07, 6.45) is 4.30. The fourth-order valence-corrected chi connectivity index (χ4v) is 2.01. The average Bonchev–Trinajstić information content (AvgIpc) is 2.38. The molecule has 2 N–H and O–H groups in total. The van der Waals surface area contributed by atoms with Gasteiger partial charge in [0, 0.05) is 11.1 Å². The Bertz CT molecular complexity index is 549. The second-order valence-electron chi connectivity index (χ2n) is 4.74. The van der Waals surface area contributed by atoms with Crippen molar-refractivity contribution in [1.82, 2.24) is 0 Å². The molecule has 0 aliphatic rings. The van der Waals surface area contributed by atoms with Gasteiger partial charge in [-0.3, -0.25) is 0 Å². The molecule has 0 aromatic heterocycles. The molecule has 2 nitrogen and oxygen atoms in total. The first-order valence-corrected chi connectivity index (χ1v) is 6.45. The predicted molar refractivity (Wildman–Crippen MR) is 81.4 cm³/mol. The lowest BCUT2D eigenvalue weighted by Crippen LogP contribution is -1.95. The summed E-state index contributed by atoms with van der Waals surface area (Å²) in [4.78, 5) is 0. The number of aryl methyl sites for hydroxylation is 2. The molecular formula is C17H22O2. The zero-order valence-corrected chi connectivity index (χ0v) is 12.1. The quantitative estimate of drug-likeness (QED) is 0.600. The molecule has 0 saturated carbocycles. The van der Waals surface area contributed by atoms with E-state index in [1.54, 1.807) is 13.0 Å². The van der Waals surface area contributed by atoms with Crippen LogP contribution in [0.15, 0.2) is 42.2 Å². The summed E-state index contributed by atoms with van der Waals surface area (Å²) in [6.45, 7) is 11.3. The molecule has 19 heavy (non-hydrogen) atoms. The fourth-order valence-electron chi connectivity index (χ4n) is 2.01. The highest BCUT2D eigenvalue weighted by atomic mass is 16.3. The van der Waals surface area contributed by atoms with E-state index in [1.165, 1.54) is 0 Å². The third-order valence-corrected chi connectivity index (χ3v) is 3.08. The van der Waals surface area contributed by atoms with Gasteiger partial charge in [0.1, 0.15) is 11.5 Å². The van der Waals surface area contributed by atoms with Gasteiger partial charge in [0.2, 0.25) is 0 Å². The second kappa shape index (κ2) is 6.28. The number of aromatic hydroxyl groups is 1. The van der Waals surface area contributed by atoms with E-state index in [4.69, 9.17) is 0 Å². The number of rotatable bonds is 4. The van der Waals surface area contributed by atoms with Gasteiger partial charge in [-0.15, -0.1) is 0 Å². The van der Waals surface area contributed by atoms with E-state index in [-0.39, 0.29) is 11.5 Å². The molecular weight excluding hydrogens is 236 g/mol. The molecule has 1 aromatic rings. The SMILES string of the molecule is C=C/C(C)=C(O)\C(=C/CC)c1cc(C)cc(C)c1O. The van der Waals surface area contributed by atoms with Crippen LogP contribution >= 0.6 is 0 Å². The normalized spacial score (nSPS) is 13.2. The van der Waals surface area contributed by atoms with Crippen molar-refractivity contribution in [2.75, 3.05) is 0 Å². The van der Waals surface area contributed by atoms with Crippen molar-refractivity contribution in [2.24, 2.45) is 0 Å². The Balaban J connectivity index is 3.54. The number of hydrogen-bond donors (Lipinski definition) is 2. The van der Waals surface area contributed by atoms with Crippen molar-refractivity contribution in [3.8, 4) is 5.75 Å². The van der Waals surface area contributed by atoms with Gasteiger partial charge in [-0.05, 0) is 50.0 Å². The molecule has 0 amide bonds. The summed E-state index contributed by atoms with van der Waals surface area (Å²) in [5.41, 5.74) is 3.87. The van der Waals surface area contributed by atoms with E-state index >= 15 is 0 Å². The maximum absolute atomic E-state index is 10.3. The second-order valence-corrected chi connectivity index (χ2v) is 4.74. The van der Waals surface area contributed by atoms with Crippen LogP contribution in [-0.2, 0) is 0 Å². The first-order valence-electron chi connectivity index (χ1n) is 6.45. The summed E-state index contributed by atoms with van der Waals surface area (Å²) < 4.78 is 0. The molecule has 0 fully saturated rings. The van der Waals surface area contributed by atoms with Crippen molar-refractivity contribution in [3.05, 3.63) is 58.9 Å². The molecule has 0 heterocycles. The van der Waals surface area contributed by atoms with Crippen molar-refractivity contribution in [2.45, 2.75) is 34.1 Å². The molecule has 102 valence electrons. The highest BCUT2D eigenvalue weighted by Gasteiger charge is 2.14. The minimum absolute atomic E-state index is 0.164. The number of aliphatic hydroxyl groups is 1. The van der Waals surface area contributed by atoms with Crippen molar-refractivity contribution < 1.29 is 10.2 Å². The zero-order valence-electron chi connectivity index (χ0n) is 12.1. The van der Waals surface area contributed by atoms with Gasteiger partial charge in [0.25, 0.3) is 0 Å². The standard InChI is InChI=1S/C17H22O2/c1-6-8-14(16(18)12(4)7-2)15-10-11(3)9-13(5)17(15)19/h7-10,18-19H,2,6H2,1,3-5H3/b14-8-,16-12+. The van der Waals surface area contributed by atoms with E-state index in [1.807, 2.05) is 39.0 Å². The summed E-state index contributed by atoms with van der Waals surface area (Å²) in [5.74, 6) is 0.380. The molecule has 0 bridgehead atoms. The number of allylic oxidation sites excluding steroid dienone is 4. The average molecular weight is 258 g/mol. The third-order valence-electron chi connectivity index (χ3n) is 3.08. The molecule has 2 heteroatoms. The topological polar surface area (TPSA) is 40.5 Å². The number of benzene rings is 1. The lowest BCUT2D eigenvalue weighted by molar-refractivity contribution is 0.430. The van der Waals surface area contributed by atoms with Gasteiger partial charge in [-0.1, -0.05) is 31.7 Å². The Hall–Kier alpha value is -1.96. The Kier molecular flexibility index (Phi) is 4.99. The van der Waals surface area contributed by atoms with Crippen LogP contribution in [0.4, 0.5) is 0 Å². The Labute approximate surface area is 115 Å². The fraction of sp³-hybridized carbons (Fsp3) is 0.294. The molecule has 0 aliphatic heterocycles. The number of phenolic OH excluding ortho intramolecular Hbond substituents is 1. The van der Waals surface area contributed by atoms with E-state index in [0.717, 1.165) is 17.5 Å². The number of phenols is 1. The summed E-state index contributed by atoms with van der Waals surface area (Å²) in [5, 5.41) is 20.5. The van der Waals surface area contributed by atoms with Crippen LogP contribution in [0.25, 0.3) is 5.57 Å². The maximum Gasteiger partial charge on any atom is 0.126 e. The van der Waals surface area contributed by atoms with Crippen molar-refractivity contribution >= 4 is 5.57 Å². The molecule has 0 radical (unpaired) electrons. The zero-order chi connectivity index (χ0) is 14.6. The summed E-state index contributed by atoms with van der Waals surface area (Å²) in [6, 6.07) is 3.81. The first kappa shape index (κ1) is 15.1. The molecule has 0 unspecified atom stereocenters. The minimum atomic E-state index is 0.164. The minimum Gasteiger partial charge on any atom is -0.507 e. The van der Waals surface area contributed by atoms with E-state index < -0.39 is 0 Å². The Morgan fingerprint density at radius 1 is 1.32 bits per heavy atom. The lowest BCUT2D eigenvalue weighted by atomic mass is 9.95. The van der Waals surface area contributed by atoms with Crippen LogP contribution in [0.5, 0.6) is 5.75 Å². The van der Waals surface area contributed by atoms with Crippen LogP contribution in [0, 0.1) is 13.8 Å². The van der Waals surface area contributed by atoms with Gasteiger partial charge in [-0.2, -0.15) is 0 Å². The predicted octanol–water partition coefficient (Wildman–Crippen LogP) is 4.82. The van der Waals surface area contributed by atoms with Crippen LogP contribution in [0.1, 0.15) is 37.0 Å². The molecule has 1 rings (SSSR count). The largest absolute Gasteiger partial charge is 0.507 e. The molecule has 0 spiro atoms. The van der Waals surface area contributed by atoms with Gasteiger partial charge in [0.05, 0.1) is 0 Å². The smallest absolute Gasteiger partial charge is 0.126 e. The number of aliphatic hydroxyl groups excluding tert-OH is 1. The molecule has 0 atom stereocenters. The highest BCUT2D eigenvalue weighted by Crippen LogP contribution is 2.34. The molecule has 1 aromatic carbocycles. The summed E-state index contributed by atoms with van der Waals surface area (Å²) >= 11 is 0. The van der Waals surface area contributed by atoms with E-state index in [2.05, 4.69) is 6.58 Å². The maximum atomic E-state index is 10.3. The van der Waals surface area contributed by atoms with Crippen LogP contribution in [0.3, 0.4) is 0 Å². The molecule has 0 aliphatic carbocycles. The van der Waals surface area contributed by atoms with Crippen LogP contribution in [-0.4, -0.2) is 10.2 Å². The van der Waals surface area contributed by atoms with Crippen molar-refractivity contribution in [3.63, 3.8) is 0 Å².